The summed E-state index contributed by atoms with van der Waals surface area (Å²) in [7, 11) is 0. The molecule has 27 heavy (non-hydrogen) atoms. The second kappa shape index (κ2) is 7.28. The molecule has 0 aliphatic carbocycles. The van der Waals surface area contributed by atoms with Crippen LogP contribution < -0.4 is 0 Å². The molecule has 1 aliphatic rings. The van der Waals surface area contributed by atoms with E-state index in [-0.39, 0.29) is 12.4 Å². The molecule has 1 aliphatic heterocycles. The molecule has 0 bridgehead atoms. The number of H-pyrrole nitrogens is 1. The molecule has 9 heteroatoms. The summed E-state index contributed by atoms with van der Waals surface area (Å²) in [6.07, 6.45) is 0.619. The Hall–Kier alpha value is -3.07. The van der Waals surface area contributed by atoms with Crippen molar-refractivity contribution in [3.63, 3.8) is 0 Å². The first-order valence-corrected chi connectivity index (χ1v) is 8.55. The molecule has 1 unspecified atom stereocenters. The summed E-state index contributed by atoms with van der Waals surface area (Å²) in [4.78, 5) is 29.8. The minimum Gasteiger partial charge on any atom is -0.445 e. The Kier molecular flexibility index (Phi) is 4.68. The SMILES string of the molecule is Cc1ncnc2nc(C3CN(C(=O)OCc4ccc(F)cc4)CCO3)[nH]c12. The number of carbonyl (C=O) groups is 1. The Labute approximate surface area is 154 Å². The van der Waals surface area contributed by atoms with E-state index in [2.05, 4.69) is 19.9 Å². The van der Waals surface area contributed by atoms with E-state index in [1.54, 1.807) is 17.0 Å². The van der Waals surface area contributed by atoms with Gasteiger partial charge in [-0.3, -0.25) is 0 Å². The van der Waals surface area contributed by atoms with E-state index in [0.717, 1.165) is 16.8 Å². The number of hydrogen-bond donors (Lipinski definition) is 1. The fraction of sp³-hybridized carbons (Fsp3) is 0.333. The van der Waals surface area contributed by atoms with Gasteiger partial charge in [0, 0.05) is 6.54 Å². The number of imidazole rings is 1. The highest BCUT2D eigenvalue weighted by molar-refractivity contribution is 5.72. The number of rotatable bonds is 3. The molecule has 0 saturated carbocycles. The summed E-state index contributed by atoms with van der Waals surface area (Å²) < 4.78 is 24.0. The van der Waals surface area contributed by atoms with Crippen LogP contribution in [0.25, 0.3) is 11.2 Å². The lowest BCUT2D eigenvalue weighted by Crippen LogP contribution is -2.42. The zero-order valence-electron chi connectivity index (χ0n) is 14.7. The van der Waals surface area contributed by atoms with E-state index in [9.17, 15) is 9.18 Å². The largest absolute Gasteiger partial charge is 0.445 e. The highest BCUT2D eigenvalue weighted by atomic mass is 19.1. The number of amides is 1. The lowest BCUT2D eigenvalue weighted by molar-refractivity contribution is -0.0330. The molecule has 2 aromatic heterocycles. The van der Waals surface area contributed by atoms with Crippen molar-refractivity contribution >= 4 is 17.3 Å². The summed E-state index contributed by atoms with van der Waals surface area (Å²) >= 11 is 0. The first-order chi connectivity index (χ1) is 13.1. The van der Waals surface area contributed by atoms with Gasteiger partial charge in [0.25, 0.3) is 0 Å². The van der Waals surface area contributed by atoms with Crippen LogP contribution in [0.1, 0.15) is 23.2 Å². The molecule has 1 atom stereocenters. The van der Waals surface area contributed by atoms with Crippen molar-refractivity contribution in [2.45, 2.75) is 19.6 Å². The lowest BCUT2D eigenvalue weighted by Gasteiger charge is -2.31. The van der Waals surface area contributed by atoms with Crippen molar-refractivity contribution in [2.75, 3.05) is 19.7 Å². The van der Waals surface area contributed by atoms with E-state index < -0.39 is 12.2 Å². The molecule has 1 N–H and O–H groups in total. The molecule has 140 valence electrons. The number of morpholine rings is 1. The Bertz CT molecular complexity index is 959. The normalized spacial score (nSPS) is 17.3. The quantitative estimate of drug-likeness (QED) is 0.760. The van der Waals surface area contributed by atoms with Gasteiger partial charge in [0.1, 0.15) is 36.2 Å². The predicted octanol–water partition coefficient (Wildman–Crippen LogP) is 2.51. The van der Waals surface area contributed by atoms with Gasteiger partial charge < -0.3 is 19.4 Å². The Morgan fingerprint density at radius 3 is 2.96 bits per heavy atom. The minimum atomic E-state index is -0.445. The standard InChI is InChI=1S/C18H18FN5O3/c1-11-15-17(21-10-20-11)23-16(22-15)14-8-24(6-7-26-14)18(25)27-9-12-2-4-13(19)5-3-12/h2-5,10,14H,6-9H2,1H3,(H,20,21,22,23). The number of hydrogen-bond acceptors (Lipinski definition) is 6. The number of aryl methyl sites for hydroxylation is 1. The minimum absolute atomic E-state index is 0.0839. The van der Waals surface area contributed by atoms with Crippen LogP contribution in [-0.2, 0) is 16.1 Å². The number of benzene rings is 1. The van der Waals surface area contributed by atoms with Crippen molar-refractivity contribution < 1.29 is 18.7 Å². The number of aromatic nitrogens is 4. The van der Waals surface area contributed by atoms with Gasteiger partial charge in [0.05, 0.1) is 18.8 Å². The molecule has 3 heterocycles. The summed E-state index contributed by atoms with van der Waals surface area (Å²) in [6.45, 7) is 3.07. The van der Waals surface area contributed by atoms with Crippen LogP contribution in [0.4, 0.5) is 9.18 Å². The summed E-state index contributed by atoms with van der Waals surface area (Å²) in [5.74, 6) is 0.275. The summed E-state index contributed by atoms with van der Waals surface area (Å²) in [6, 6.07) is 5.84. The van der Waals surface area contributed by atoms with E-state index in [4.69, 9.17) is 9.47 Å². The number of nitrogens with zero attached hydrogens (tertiary/aromatic N) is 4. The molecule has 1 amide bonds. The van der Waals surface area contributed by atoms with Crippen LogP contribution in [-0.4, -0.2) is 50.6 Å². The van der Waals surface area contributed by atoms with Gasteiger partial charge in [-0.25, -0.2) is 24.1 Å². The van der Waals surface area contributed by atoms with Gasteiger partial charge in [0.15, 0.2) is 5.65 Å². The van der Waals surface area contributed by atoms with Gasteiger partial charge in [-0.1, -0.05) is 12.1 Å². The Morgan fingerprint density at radius 2 is 2.19 bits per heavy atom. The number of halogens is 1. The summed E-state index contributed by atoms with van der Waals surface area (Å²) in [5, 5.41) is 0. The van der Waals surface area contributed by atoms with Gasteiger partial charge in [-0.2, -0.15) is 0 Å². The summed E-state index contributed by atoms with van der Waals surface area (Å²) in [5.41, 5.74) is 2.84. The monoisotopic (exact) mass is 371 g/mol. The molecule has 0 radical (unpaired) electrons. The topological polar surface area (TPSA) is 93.2 Å². The zero-order valence-corrected chi connectivity index (χ0v) is 14.7. The fourth-order valence-electron chi connectivity index (χ4n) is 2.91. The third-order valence-electron chi connectivity index (χ3n) is 4.40. The fourth-order valence-corrected chi connectivity index (χ4v) is 2.91. The van der Waals surface area contributed by atoms with Crippen molar-refractivity contribution in [3.8, 4) is 0 Å². The van der Waals surface area contributed by atoms with Crippen molar-refractivity contribution in [3.05, 3.63) is 53.5 Å². The Morgan fingerprint density at radius 1 is 1.37 bits per heavy atom. The molecule has 3 aromatic rings. The number of fused-ring (bicyclic) bond motifs is 1. The molecule has 8 nitrogen and oxygen atoms in total. The van der Waals surface area contributed by atoms with Crippen LogP contribution in [0.2, 0.25) is 0 Å². The lowest BCUT2D eigenvalue weighted by atomic mass is 10.2. The van der Waals surface area contributed by atoms with Crippen molar-refractivity contribution in [1.29, 1.82) is 0 Å². The highest BCUT2D eigenvalue weighted by Gasteiger charge is 2.28. The van der Waals surface area contributed by atoms with Gasteiger partial charge in [-0.05, 0) is 24.6 Å². The maximum atomic E-state index is 12.9. The van der Waals surface area contributed by atoms with Crippen LogP contribution in [0, 0.1) is 12.7 Å². The van der Waals surface area contributed by atoms with Gasteiger partial charge in [-0.15, -0.1) is 0 Å². The maximum absolute atomic E-state index is 12.9. The molecule has 1 fully saturated rings. The van der Waals surface area contributed by atoms with Gasteiger partial charge in [0.2, 0.25) is 0 Å². The van der Waals surface area contributed by atoms with E-state index in [0.29, 0.717) is 31.2 Å². The van der Waals surface area contributed by atoms with Gasteiger partial charge >= 0.3 is 6.09 Å². The second-order valence-electron chi connectivity index (χ2n) is 6.27. The van der Waals surface area contributed by atoms with E-state index >= 15 is 0 Å². The van der Waals surface area contributed by atoms with Crippen LogP contribution in [0.5, 0.6) is 0 Å². The number of aromatic amines is 1. The van der Waals surface area contributed by atoms with Crippen molar-refractivity contribution in [2.24, 2.45) is 0 Å². The third-order valence-corrected chi connectivity index (χ3v) is 4.40. The Balaban J connectivity index is 1.41. The first-order valence-electron chi connectivity index (χ1n) is 8.55. The van der Waals surface area contributed by atoms with E-state index in [1.165, 1.54) is 18.5 Å². The van der Waals surface area contributed by atoms with Crippen LogP contribution >= 0.6 is 0 Å². The third kappa shape index (κ3) is 3.72. The van der Waals surface area contributed by atoms with Crippen molar-refractivity contribution in [1.82, 2.24) is 24.8 Å². The number of nitrogens with one attached hydrogen (secondary N) is 1. The second-order valence-corrected chi connectivity index (χ2v) is 6.27. The maximum Gasteiger partial charge on any atom is 0.410 e. The predicted molar refractivity (Wildman–Crippen MR) is 93.3 cm³/mol. The van der Waals surface area contributed by atoms with E-state index in [1.807, 2.05) is 6.92 Å². The molecule has 0 spiro atoms. The van der Waals surface area contributed by atoms with Crippen LogP contribution in [0.3, 0.4) is 0 Å². The average molecular weight is 371 g/mol. The molecule has 1 saturated heterocycles. The van der Waals surface area contributed by atoms with Crippen LogP contribution in [0.15, 0.2) is 30.6 Å². The number of carbonyl (C=O) groups excluding carboxylic acids is 1. The highest BCUT2D eigenvalue weighted by Crippen LogP contribution is 2.23. The molecular formula is C18H18FN5O3. The molecular weight excluding hydrogens is 353 g/mol. The number of ether oxygens (including phenoxy) is 2. The average Bonchev–Trinajstić information content (AvgIpc) is 3.13. The zero-order chi connectivity index (χ0) is 18.8. The molecule has 1 aromatic carbocycles. The smallest absolute Gasteiger partial charge is 0.410 e. The first kappa shape index (κ1) is 17.3. The molecule has 4 rings (SSSR count).